The molecule has 0 bridgehead atoms. The summed E-state index contributed by atoms with van der Waals surface area (Å²) in [5.74, 6) is -0.452. The first-order valence-electron chi connectivity index (χ1n) is 9.26. The summed E-state index contributed by atoms with van der Waals surface area (Å²) in [6, 6.07) is 17.5. The first-order valence-corrected chi connectivity index (χ1v) is 11.9. The zero-order chi connectivity index (χ0) is 21.6. The molecule has 0 atom stereocenters. The molecule has 0 saturated heterocycles. The maximum atomic E-state index is 13.1. The van der Waals surface area contributed by atoms with Crippen molar-refractivity contribution in [3.05, 3.63) is 60.7 Å². The van der Waals surface area contributed by atoms with Crippen molar-refractivity contribution in [1.29, 1.82) is 0 Å². The fraction of sp³-hybridized carbons (Fsp3) is 0.100. The Kier molecular flexibility index (Phi) is 4.63. The van der Waals surface area contributed by atoms with Gasteiger partial charge in [-0.15, -0.1) is 5.10 Å². The lowest BCUT2D eigenvalue weighted by Gasteiger charge is -2.18. The molecule has 5 rings (SSSR count). The smallest absolute Gasteiger partial charge is 0.265 e. The molecule has 0 saturated carbocycles. The van der Waals surface area contributed by atoms with Gasteiger partial charge >= 0.3 is 0 Å². The Morgan fingerprint density at radius 2 is 1.87 bits per heavy atom. The van der Waals surface area contributed by atoms with Crippen LogP contribution in [0.5, 0.6) is 0 Å². The number of tetrazole rings is 1. The van der Waals surface area contributed by atoms with Gasteiger partial charge in [0.25, 0.3) is 10.0 Å². The highest BCUT2D eigenvalue weighted by Gasteiger charge is 2.36. The Morgan fingerprint density at radius 3 is 2.68 bits per heavy atom. The van der Waals surface area contributed by atoms with E-state index in [-0.39, 0.29) is 11.4 Å². The minimum atomic E-state index is -3.80. The van der Waals surface area contributed by atoms with Crippen molar-refractivity contribution in [3.63, 3.8) is 0 Å². The molecule has 0 unspecified atom stereocenters. The van der Waals surface area contributed by atoms with Crippen LogP contribution in [0.2, 0.25) is 0 Å². The van der Waals surface area contributed by atoms with E-state index in [1.54, 1.807) is 47.1 Å². The number of carbonyl (C=O) groups excluding carboxylic acids is 1. The Morgan fingerprint density at radius 1 is 1.10 bits per heavy atom. The number of nitrogens with zero attached hydrogens (tertiary/aromatic N) is 5. The average molecular weight is 453 g/mol. The third-order valence-corrected chi connectivity index (χ3v) is 7.39. The van der Waals surface area contributed by atoms with Crippen LogP contribution in [-0.2, 0) is 14.8 Å². The van der Waals surface area contributed by atoms with Crippen LogP contribution < -0.4 is 9.62 Å². The second kappa shape index (κ2) is 7.36. The zero-order valence-corrected chi connectivity index (χ0v) is 17.9. The fourth-order valence-corrected chi connectivity index (χ4v) is 5.74. The van der Waals surface area contributed by atoms with Crippen LogP contribution >= 0.6 is 11.8 Å². The van der Waals surface area contributed by atoms with Crippen LogP contribution in [-0.4, -0.2) is 47.3 Å². The minimum Gasteiger partial charge on any atom is -0.324 e. The summed E-state index contributed by atoms with van der Waals surface area (Å²) in [4.78, 5) is 13.0. The predicted molar refractivity (Wildman–Crippen MR) is 118 cm³/mol. The molecule has 9 nitrogen and oxygen atoms in total. The highest BCUT2D eigenvalue weighted by atomic mass is 32.2. The van der Waals surface area contributed by atoms with Crippen molar-refractivity contribution in [2.45, 2.75) is 10.1 Å². The summed E-state index contributed by atoms with van der Waals surface area (Å²) in [7, 11) is -3.80. The van der Waals surface area contributed by atoms with Crippen LogP contribution in [0, 0.1) is 0 Å². The lowest BCUT2D eigenvalue weighted by Crippen LogP contribution is -2.35. The van der Waals surface area contributed by atoms with E-state index in [9.17, 15) is 13.2 Å². The number of aromatic nitrogens is 4. The molecular weight excluding hydrogens is 436 g/mol. The number of anilines is 2. The number of carbonyl (C=O) groups is 1. The second-order valence-corrected chi connectivity index (χ2v) is 9.42. The van der Waals surface area contributed by atoms with Gasteiger partial charge in [0.2, 0.25) is 11.1 Å². The third kappa shape index (κ3) is 3.22. The highest BCUT2D eigenvalue weighted by Crippen LogP contribution is 2.41. The lowest BCUT2D eigenvalue weighted by atomic mass is 10.1. The van der Waals surface area contributed by atoms with Crippen molar-refractivity contribution in [2.75, 3.05) is 22.4 Å². The van der Waals surface area contributed by atoms with E-state index in [1.165, 1.54) is 11.8 Å². The minimum absolute atomic E-state index is 0.221. The van der Waals surface area contributed by atoms with Crippen molar-refractivity contribution >= 4 is 49.8 Å². The molecule has 2 heterocycles. The molecule has 1 aromatic heterocycles. The van der Waals surface area contributed by atoms with Gasteiger partial charge in [-0.05, 0) is 52.4 Å². The molecule has 1 amide bonds. The molecular formula is C20H16N6O3S2. The highest BCUT2D eigenvalue weighted by molar-refractivity contribution is 7.98. The van der Waals surface area contributed by atoms with Gasteiger partial charge < -0.3 is 5.32 Å². The van der Waals surface area contributed by atoms with E-state index < -0.39 is 15.9 Å². The number of benzene rings is 3. The van der Waals surface area contributed by atoms with Gasteiger partial charge in [0, 0.05) is 11.1 Å². The number of nitrogens with one attached hydrogen (secondary N) is 1. The predicted octanol–water partition coefficient (Wildman–Crippen LogP) is 2.68. The Labute approximate surface area is 182 Å². The van der Waals surface area contributed by atoms with Crippen LogP contribution in [0.15, 0.2) is 70.7 Å². The third-order valence-electron chi connectivity index (χ3n) is 4.97. The second-order valence-electron chi connectivity index (χ2n) is 6.82. The summed E-state index contributed by atoms with van der Waals surface area (Å²) in [6.45, 7) is -0.332. The van der Waals surface area contributed by atoms with Crippen LogP contribution in [0.4, 0.5) is 11.4 Å². The summed E-state index contributed by atoms with van der Waals surface area (Å²) in [6.07, 6.45) is 1.86. The summed E-state index contributed by atoms with van der Waals surface area (Å²) in [5.41, 5.74) is 1.70. The number of hydrogen-bond acceptors (Lipinski definition) is 7. The molecule has 1 aliphatic heterocycles. The molecule has 4 aromatic rings. The summed E-state index contributed by atoms with van der Waals surface area (Å²) >= 11 is 1.40. The monoisotopic (exact) mass is 452 g/mol. The molecule has 3 aromatic carbocycles. The van der Waals surface area contributed by atoms with Gasteiger partial charge in [0.15, 0.2) is 0 Å². The molecule has 31 heavy (non-hydrogen) atoms. The summed E-state index contributed by atoms with van der Waals surface area (Å²) in [5, 5.41) is 16.4. The Bertz CT molecular complexity index is 1430. The first kappa shape index (κ1) is 19.5. The van der Waals surface area contributed by atoms with Gasteiger partial charge in [-0.25, -0.2) is 8.42 Å². The van der Waals surface area contributed by atoms with E-state index in [1.807, 2.05) is 24.5 Å². The molecule has 1 N–H and O–H groups in total. The largest absolute Gasteiger partial charge is 0.324 e. The van der Waals surface area contributed by atoms with Gasteiger partial charge in [-0.2, -0.15) is 4.68 Å². The van der Waals surface area contributed by atoms with Crippen LogP contribution in [0.25, 0.3) is 16.5 Å². The molecule has 11 heteroatoms. The maximum Gasteiger partial charge on any atom is 0.265 e. The quantitative estimate of drug-likeness (QED) is 0.464. The topological polar surface area (TPSA) is 110 Å². The molecule has 0 spiro atoms. The van der Waals surface area contributed by atoms with Crippen LogP contribution in [0.3, 0.4) is 0 Å². The van der Waals surface area contributed by atoms with E-state index in [0.717, 1.165) is 9.69 Å². The van der Waals surface area contributed by atoms with Crippen molar-refractivity contribution in [2.24, 2.45) is 0 Å². The van der Waals surface area contributed by atoms with Gasteiger partial charge in [0.05, 0.1) is 16.3 Å². The zero-order valence-electron chi connectivity index (χ0n) is 16.3. The van der Waals surface area contributed by atoms with E-state index in [4.69, 9.17) is 0 Å². The maximum absolute atomic E-state index is 13.1. The van der Waals surface area contributed by atoms with E-state index in [2.05, 4.69) is 20.8 Å². The summed E-state index contributed by atoms with van der Waals surface area (Å²) < 4.78 is 28.8. The molecule has 0 aliphatic carbocycles. The van der Waals surface area contributed by atoms with Crippen molar-refractivity contribution in [1.82, 2.24) is 20.2 Å². The number of hydrogen-bond donors (Lipinski definition) is 1. The first-order chi connectivity index (χ1) is 15.0. The van der Waals surface area contributed by atoms with Crippen molar-refractivity contribution in [3.8, 4) is 5.69 Å². The normalized spacial score (nSPS) is 14.2. The molecule has 156 valence electrons. The molecule has 0 fully saturated rings. The van der Waals surface area contributed by atoms with Gasteiger partial charge in [0.1, 0.15) is 6.54 Å². The van der Waals surface area contributed by atoms with E-state index >= 15 is 0 Å². The number of sulfonamides is 1. The number of amides is 1. The number of thioether (sulfide) groups is 1. The molecule has 1 aliphatic rings. The van der Waals surface area contributed by atoms with Gasteiger partial charge in [-0.3, -0.25) is 9.10 Å². The van der Waals surface area contributed by atoms with Gasteiger partial charge in [-0.1, -0.05) is 42.1 Å². The standard InChI is InChI=1S/C20H16N6O3S2/c1-30-20-22-23-24-26(20)15-8-4-7-14(11-15)21-18(27)12-25-16-9-2-5-13-6-3-10-17(19(13)16)31(25,28)29/h2-11H,12H2,1H3,(H,21,27). The Balaban J connectivity index is 1.41. The van der Waals surface area contributed by atoms with Crippen molar-refractivity contribution < 1.29 is 13.2 Å². The number of rotatable bonds is 5. The SMILES string of the molecule is CSc1nnnn1-c1cccc(NC(=O)CN2c3cccc4cccc(c34)S2(=O)=O)c1. The molecule has 0 radical (unpaired) electrons. The van der Waals surface area contributed by atoms with E-state index in [0.29, 0.717) is 27.6 Å². The lowest BCUT2D eigenvalue weighted by molar-refractivity contribution is -0.114. The fourth-order valence-electron chi connectivity index (χ4n) is 3.64. The van der Waals surface area contributed by atoms with Crippen LogP contribution in [0.1, 0.15) is 0 Å². The average Bonchev–Trinajstić information content (AvgIpc) is 3.33. The Hall–Kier alpha value is -3.44.